The van der Waals surface area contributed by atoms with Gasteiger partial charge in [-0.15, -0.1) is 0 Å². The van der Waals surface area contributed by atoms with Gasteiger partial charge in [0.15, 0.2) is 5.78 Å². The topological polar surface area (TPSA) is 85.3 Å². The molecule has 0 radical (unpaired) electrons. The number of allylic oxidation sites excluding steroid dienone is 3. The van der Waals surface area contributed by atoms with Crippen LogP contribution < -0.4 is 10.5 Å². The number of Topliss-reactive ketones (excluding diaryl/α,β-unsaturated/α-hetero) is 1. The molecule has 2 aromatic rings. The maximum atomic E-state index is 13.2. The Morgan fingerprint density at radius 2 is 1.86 bits per heavy atom. The summed E-state index contributed by atoms with van der Waals surface area (Å²) in [5, 5.41) is 9.69. The fourth-order valence-corrected chi connectivity index (χ4v) is 4.02. The monoisotopic (exact) mass is 372 g/mol. The predicted octanol–water partition coefficient (Wildman–Crippen LogP) is 3.90. The summed E-state index contributed by atoms with van der Waals surface area (Å²) < 4.78 is 11.1. The zero-order chi connectivity index (χ0) is 19.7. The van der Waals surface area contributed by atoms with Gasteiger partial charge in [0, 0.05) is 18.4 Å². The highest BCUT2D eigenvalue weighted by atomic mass is 16.5. The minimum Gasteiger partial charge on any atom is -0.497 e. The van der Waals surface area contributed by atoms with Gasteiger partial charge in [-0.25, -0.2) is 0 Å². The minimum absolute atomic E-state index is 0.0110. The summed E-state index contributed by atoms with van der Waals surface area (Å²) in [5.74, 6) is 0.781. The largest absolute Gasteiger partial charge is 0.497 e. The third kappa shape index (κ3) is 3.03. The van der Waals surface area contributed by atoms with E-state index in [9.17, 15) is 10.1 Å². The van der Waals surface area contributed by atoms with Crippen LogP contribution in [-0.4, -0.2) is 12.9 Å². The molecule has 1 aliphatic carbocycles. The first kappa shape index (κ1) is 17.9. The molecule has 0 amide bonds. The third-order valence-corrected chi connectivity index (χ3v) is 5.36. The Kier molecular flexibility index (Phi) is 4.62. The number of ketones is 1. The molecule has 1 heterocycles. The molecular weight excluding hydrogens is 352 g/mol. The zero-order valence-corrected chi connectivity index (χ0v) is 15.5. The standard InChI is InChI=1S/C23H20N2O3/c1-27-17-9-5-8-15(10-17)21-18(13-24)23(25)28-20-12-16(11-19(26)22(20)21)14-6-3-2-4-7-14/h2-10,16,21H,11-12,25H2,1H3/t16-,21-/m1/s1. The first-order valence-electron chi connectivity index (χ1n) is 9.15. The van der Waals surface area contributed by atoms with Crippen molar-refractivity contribution in [2.75, 3.05) is 7.11 Å². The van der Waals surface area contributed by atoms with Gasteiger partial charge in [-0.1, -0.05) is 42.5 Å². The number of nitrogens with zero attached hydrogens (tertiary/aromatic N) is 1. The molecule has 1 aliphatic heterocycles. The van der Waals surface area contributed by atoms with Crippen molar-refractivity contribution in [3.05, 3.63) is 88.5 Å². The maximum absolute atomic E-state index is 13.2. The zero-order valence-electron chi connectivity index (χ0n) is 15.5. The van der Waals surface area contributed by atoms with E-state index in [1.165, 1.54) is 0 Å². The molecule has 0 saturated heterocycles. The van der Waals surface area contributed by atoms with Gasteiger partial charge >= 0.3 is 0 Å². The van der Waals surface area contributed by atoms with Crippen LogP contribution in [0.5, 0.6) is 5.75 Å². The lowest BCUT2D eigenvalue weighted by atomic mass is 9.73. The quantitative estimate of drug-likeness (QED) is 0.883. The maximum Gasteiger partial charge on any atom is 0.205 e. The van der Waals surface area contributed by atoms with E-state index in [4.69, 9.17) is 15.2 Å². The lowest BCUT2D eigenvalue weighted by Gasteiger charge is -2.34. The molecule has 0 bridgehead atoms. The average molecular weight is 372 g/mol. The highest BCUT2D eigenvalue weighted by molar-refractivity contribution is 6.00. The molecule has 0 fully saturated rings. The Morgan fingerprint density at radius 1 is 1.11 bits per heavy atom. The second-order valence-electron chi connectivity index (χ2n) is 6.98. The fourth-order valence-electron chi connectivity index (χ4n) is 4.02. The van der Waals surface area contributed by atoms with Crippen molar-refractivity contribution in [3.63, 3.8) is 0 Å². The Labute approximate surface area is 163 Å². The molecule has 2 N–H and O–H groups in total. The van der Waals surface area contributed by atoms with Gasteiger partial charge < -0.3 is 15.2 Å². The van der Waals surface area contributed by atoms with Crippen molar-refractivity contribution >= 4 is 5.78 Å². The first-order chi connectivity index (χ1) is 13.6. The summed E-state index contributed by atoms with van der Waals surface area (Å²) in [6.07, 6.45) is 0.955. The van der Waals surface area contributed by atoms with E-state index in [1.54, 1.807) is 7.11 Å². The third-order valence-electron chi connectivity index (χ3n) is 5.36. The molecule has 0 aromatic heterocycles. The molecule has 0 spiro atoms. The molecule has 140 valence electrons. The minimum atomic E-state index is -0.534. The molecule has 2 atom stereocenters. The van der Waals surface area contributed by atoms with Gasteiger partial charge in [-0.2, -0.15) is 5.26 Å². The van der Waals surface area contributed by atoms with Gasteiger partial charge in [0.2, 0.25) is 5.88 Å². The van der Waals surface area contributed by atoms with Crippen molar-refractivity contribution in [2.24, 2.45) is 5.73 Å². The summed E-state index contributed by atoms with van der Waals surface area (Å²) in [4.78, 5) is 13.2. The van der Waals surface area contributed by atoms with Crippen LogP contribution in [0.2, 0.25) is 0 Å². The van der Waals surface area contributed by atoms with Gasteiger partial charge in [0.25, 0.3) is 0 Å². The van der Waals surface area contributed by atoms with Crippen LogP contribution in [0, 0.1) is 11.3 Å². The molecule has 5 heteroatoms. The van der Waals surface area contributed by atoms with Crippen LogP contribution in [0.1, 0.15) is 35.8 Å². The highest BCUT2D eigenvalue weighted by Crippen LogP contribution is 2.47. The predicted molar refractivity (Wildman–Crippen MR) is 104 cm³/mol. The fraction of sp³-hybridized carbons (Fsp3) is 0.217. The molecule has 5 nitrogen and oxygen atoms in total. The lowest BCUT2D eigenvalue weighted by Crippen LogP contribution is -2.29. The molecule has 0 unspecified atom stereocenters. The molecule has 4 rings (SSSR count). The van der Waals surface area contributed by atoms with E-state index >= 15 is 0 Å². The number of hydrogen-bond acceptors (Lipinski definition) is 5. The Balaban J connectivity index is 1.80. The second-order valence-corrected chi connectivity index (χ2v) is 6.98. The highest BCUT2D eigenvalue weighted by Gasteiger charge is 2.40. The number of nitriles is 1. The van der Waals surface area contributed by atoms with E-state index in [0.29, 0.717) is 29.9 Å². The van der Waals surface area contributed by atoms with Gasteiger partial charge in [-0.05, 0) is 29.2 Å². The van der Waals surface area contributed by atoms with Crippen molar-refractivity contribution in [1.82, 2.24) is 0 Å². The number of benzene rings is 2. The average Bonchev–Trinajstić information content (AvgIpc) is 2.73. The normalized spacial score (nSPS) is 21.6. The van der Waals surface area contributed by atoms with Crippen LogP contribution in [0.15, 0.2) is 77.4 Å². The summed E-state index contributed by atoms with van der Waals surface area (Å²) in [5.41, 5.74) is 8.77. The summed E-state index contributed by atoms with van der Waals surface area (Å²) in [7, 11) is 1.58. The smallest absolute Gasteiger partial charge is 0.205 e. The number of hydrogen-bond donors (Lipinski definition) is 1. The van der Waals surface area contributed by atoms with Crippen LogP contribution in [0.25, 0.3) is 0 Å². The van der Waals surface area contributed by atoms with Crippen LogP contribution >= 0.6 is 0 Å². The second kappa shape index (κ2) is 7.24. The first-order valence-corrected chi connectivity index (χ1v) is 9.15. The summed E-state index contributed by atoms with van der Waals surface area (Å²) in [6.45, 7) is 0. The molecule has 2 aromatic carbocycles. The number of methoxy groups -OCH3 is 1. The number of nitrogens with two attached hydrogens (primary N) is 1. The van der Waals surface area contributed by atoms with Crippen molar-refractivity contribution in [1.29, 1.82) is 5.26 Å². The van der Waals surface area contributed by atoms with E-state index in [-0.39, 0.29) is 23.2 Å². The molecular formula is C23H20N2O3. The van der Waals surface area contributed by atoms with Gasteiger partial charge in [0.05, 0.1) is 13.0 Å². The lowest BCUT2D eigenvalue weighted by molar-refractivity contribution is -0.117. The summed E-state index contributed by atoms with van der Waals surface area (Å²) >= 11 is 0. The van der Waals surface area contributed by atoms with Crippen LogP contribution in [-0.2, 0) is 9.53 Å². The van der Waals surface area contributed by atoms with Crippen molar-refractivity contribution < 1.29 is 14.3 Å². The number of carbonyl (C=O) groups excluding carboxylic acids is 1. The van der Waals surface area contributed by atoms with Crippen molar-refractivity contribution in [2.45, 2.75) is 24.7 Å². The Morgan fingerprint density at radius 3 is 2.57 bits per heavy atom. The number of carbonyl (C=O) groups is 1. The van der Waals surface area contributed by atoms with Gasteiger partial charge in [-0.3, -0.25) is 4.79 Å². The van der Waals surface area contributed by atoms with Crippen molar-refractivity contribution in [3.8, 4) is 11.8 Å². The van der Waals surface area contributed by atoms with E-state index in [2.05, 4.69) is 6.07 Å². The SMILES string of the molecule is COc1cccc([C@@H]2C(C#N)=C(N)OC3=C2C(=O)C[C@@H](c2ccccc2)C3)c1. The van der Waals surface area contributed by atoms with Crippen LogP contribution in [0.3, 0.4) is 0 Å². The molecule has 28 heavy (non-hydrogen) atoms. The number of ether oxygens (including phenoxy) is 2. The Hall–Kier alpha value is -3.52. The van der Waals surface area contributed by atoms with Crippen LogP contribution in [0.4, 0.5) is 0 Å². The van der Waals surface area contributed by atoms with E-state index < -0.39 is 5.92 Å². The van der Waals surface area contributed by atoms with Gasteiger partial charge in [0.1, 0.15) is 23.2 Å². The van der Waals surface area contributed by atoms with E-state index in [1.807, 2.05) is 54.6 Å². The van der Waals surface area contributed by atoms with E-state index in [0.717, 1.165) is 11.1 Å². The Bertz CT molecular complexity index is 1030. The number of rotatable bonds is 3. The molecule has 0 saturated carbocycles. The summed E-state index contributed by atoms with van der Waals surface area (Å²) in [6, 6.07) is 19.4. The molecule has 2 aliphatic rings.